The molecule has 0 unspecified atom stereocenters. The summed E-state index contributed by atoms with van der Waals surface area (Å²) in [5.74, 6) is -0.126. The number of aromatic nitrogens is 1. The first kappa shape index (κ1) is 22.5. The van der Waals surface area contributed by atoms with Gasteiger partial charge in [-0.2, -0.15) is 13.2 Å². The highest BCUT2D eigenvalue weighted by Crippen LogP contribution is 2.42. The van der Waals surface area contributed by atoms with Gasteiger partial charge in [0.2, 0.25) is 0 Å². The second-order valence-corrected chi connectivity index (χ2v) is 6.52. The number of benzene rings is 2. The van der Waals surface area contributed by atoms with Gasteiger partial charge in [-0.05, 0) is 11.6 Å². The average molecular weight is 453 g/mol. The Hall–Kier alpha value is -4.16. The van der Waals surface area contributed by atoms with E-state index in [1.54, 1.807) is 0 Å². The van der Waals surface area contributed by atoms with Crippen molar-refractivity contribution in [3.63, 3.8) is 0 Å². The number of hydrogen-bond donors (Lipinski definition) is 0. The molecule has 32 heavy (non-hydrogen) atoms. The molecular weight excluding hydrogens is 439 g/mol. The Morgan fingerprint density at radius 1 is 0.969 bits per heavy atom. The van der Waals surface area contributed by atoms with E-state index in [2.05, 4.69) is 0 Å². The highest BCUT2D eigenvalue weighted by Gasteiger charge is 2.43. The monoisotopic (exact) mass is 453 g/mol. The lowest BCUT2D eigenvalue weighted by Crippen LogP contribution is -2.28. The van der Waals surface area contributed by atoms with Crippen LogP contribution in [0.3, 0.4) is 0 Å². The predicted molar refractivity (Wildman–Crippen MR) is 105 cm³/mol. The van der Waals surface area contributed by atoms with Crippen molar-refractivity contribution < 1.29 is 32.5 Å². The molecule has 0 aliphatic rings. The first-order valence-electron chi connectivity index (χ1n) is 8.77. The zero-order valence-corrected chi connectivity index (χ0v) is 16.5. The molecule has 3 aromatic rings. The van der Waals surface area contributed by atoms with Crippen LogP contribution in [0, 0.1) is 20.2 Å². The van der Waals surface area contributed by atoms with Crippen LogP contribution in [0.4, 0.5) is 24.5 Å². The minimum atomic E-state index is -5.22. The molecule has 0 amide bonds. The van der Waals surface area contributed by atoms with Crippen molar-refractivity contribution in [3.8, 4) is 11.5 Å². The summed E-state index contributed by atoms with van der Waals surface area (Å²) in [7, 11) is 2.41. The number of pyridine rings is 1. The van der Waals surface area contributed by atoms with Crippen LogP contribution in [0.1, 0.15) is 11.1 Å². The molecule has 0 fully saturated rings. The van der Waals surface area contributed by atoms with Crippen molar-refractivity contribution in [1.29, 1.82) is 0 Å². The van der Waals surface area contributed by atoms with E-state index in [1.165, 1.54) is 26.4 Å². The van der Waals surface area contributed by atoms with Gasteiger partial charge in [-0.25, -0.2) is 0 Å². The summed E-state index contributed by atoms with van der Waals surface area (Å²) in [6, 6.07) is 6.90. The topological polar surface area (TPSA) is 127 Å². The minimum absolute atomic E-state index is 0.00109. The van der Waals surface area contributed by atoms with Gasteiger partial charge in [-0.15, -0.1) is 0 Å². The van der Waals surface area contributed by atoms with Crippen LogP contribution in [0.5, 0.6) is 11.5 Å². The Kier molecular flexibility index (Phi) is 5.75. The summed E-state index contributed by atoms with van der Waals surface area (Å²) in [6.07, 6.45) is -5.22. The fourth-order valence-electron chi connectivity index (χ4n) is 3.28. The molecular formula is C19H14F3N3O7. The third kappa shape index (κ3) is 3.91. The maximum absolute atomic E-state index is 13.8. The summed E-state index contributed by atoms with van der Waals surface area (Å²) in [5.41, 5.74) is -5.06. The van der Waals surface area contributed by atoms with E-state index in [0.29, 0.717) is 5.56 Å². The lowest BCUT2D eigenvalue weighted by atomic mass is 10.0. The lowest BCUT2D eigenvalue weighted by molar-refractivity contribution is -0.389. The number of non-ortho nitro benzene ring substituents is 1. The van der Waals surface area contributed by atoms with Gasteiger partial charge in [0, 0.05) is 23.6 Å². The maximum atomic E-state index is 13.8. The molecule has 0 atom stereocenters. The minimum Gasteiger partial charge on any atom is -0.493 e. The summed E-state index contributed by atoms with van der Waals surface area (Å²) < 4.78 is 52.4. The summed E-state index contributed by atoms with van der Waals surface area (Å²) in [6.45, 7) is -0.387. The smallest absolute Gasteiger partial charge is 0.423 e. The zero-order chi connectivity index (χ0) is 23.8. The van der Waals surface area contributed by atoms with Gasteiger partial charge in [-0.3, -0.25) is 29.6 Å². The largest absolute Gasteiger partial charge is 0.493 e. The van der Waals surface area contributed by atoms with E-state index in [-0.39, 0.29) is 29.2 Å². The first-order valence-corrected chi connectivity index (χ1v) is 8.77. The highest BCUT2D eigenvalue weighted by molar-refractivity contribution is 5.89. The van der Waals surface area contributed by atoms with E-state index >= 15 is 0 Å². The van der Waals surface area contributed by atoms with Crippen molar-refractivity contribution in [1.82, 2.24) is 4.57 Å². The number of nitro benzene ring substituents is 1. The van der Waals surface area contributed by atoms with Crippen LogP contribution >= 0.6 is 0 Å². The average Bonchev–Trinajstić information content (AvgIpc) is 2.73. The number of rotatable bonds is 6. The molecule has 0 saturated heterocycles. The quantitative estimate of drug-likeness (QED) is 0.409. The van der Waals surface area contributed by atoms with Crippen LogP contribution in [-0.2, 0) is 12.7 Å². The predicted octanol–water partition coefficient (Wildman–Crippen LogP) is 3.90. The highest BCUT2D eigenvalue weighted by atomic mass is 19.4. The van der Waals surface area contributed by atoms with Gasteiger partial charge in [0.25, 0.3) is 5.69 Å². The molecule has 0 spiro atoms. The molecule has 0 saturated carbocycles. The molecule has 0 N–H and O–H groups in total. The fraction of sp³-hybridized carbons (Fsp3) is 0.211. The summed E-state index contributed by atoms with van der Waals surface area (Å²) >= 11 is 0. The van der Waals surface area contributed by atoms with Crippen molar-refractivity contribution >= 4 is 22.3 Å². The standard InChI is InChI=1S/C19H14F3N3O7/c1-31-14-7-12-13(8-15(14)32-2)23(9-10-3-5-11(6-4-10)24(27)28)18(26)17(25(29)30)16(12)19(20,21)22/h3-8H,9H2,1-2H3. The Balaban J connectivity index is 2.41. The molecule has 3 rings (SSSR count). The van der Waals surface area contributed by atoms with Crippen molar-refractivity contribution in [2.75, 3.05) is 14.2 Å². The van der Waals surface area contributed by atoms with Gasteiger partial charge in [-0.1, -0.05) is 12.1 Å². The van der Waals surface area contributed by atoms with Crippen LogP contribution in [-0.4, -0.2) is 28.6 Å². The second kappa shape index (κ2) is 8.17. The second-order valence-electron chi connectivity index (χ2n) is 6.52. The summed E-state index contributed by atoms with van der Waals surface area (Å²) in [5, 5.41) is 21.7. The van der Waals surface area contributed by atoms with Gasteiger partial charge in [0.15, 0.2) is 11.5 Å². The molecule has 1 aromatic heterocycles. The molecule has 0 radical (unpaired) electrons. The van der Waals surface area contributed by atoms with Crippen LogP contribution < -0.4 is 15.0 Å². The number of fused-ring (bicyclic) bond motifs is 1. The van der Waals surface area contributed by atoms with Crippen molar-refractivity contribution in [2.45, 2.75) is 12.7 Å². The number of alkyl halides is 3. The number of hydrogen-bond acceptors (Lipinski definition) is 7. The third-order valence-corrected chi connectivity index (χ3v) is 4.70. The van der Waals surface area contributed by atoms with Crippen molar-refractivity contribution in [2.24, 2.45) is 0 Å². The Morgan fingerprint density at radius 3 is 2.00 bits per heavy atom. The Bertz CT molecular complexity index is 1280. The van der Waals surface area contributed by atoms with Gasteiger partial charge in [0.05, 0.1) is 36.1 Å². The van der Waals surface area contributed by atoms with E-state index in [1.807, 2.05) is 0 Å². The van der Waals surface area contributed by atoms with Crippen LogP contribution in [0.2, 0.25) is 0 Å². The van der Waals surface area contributed by atoms with Gasteiger partial charge < -0.3 is 9.47 Å². The normalized spacial score (nSPS) is 11.4. The number of nitro groups is 2. The van der Waals surface area contributed by atoms with E-state index < -0.39 is 38.2 Å². The maximum Gasteiger partial charge on any atom is 0.423 e. The molecule has 1 heterocycles. The summed E-state index contributed by atoms with van der Waals surface area (Å²) in [4.78, 5) is 33.2. The SMILES string of the molecule is COc1cc2c(C(F)(F)F)c([N+](=O)[O-])c(=O)n(Cc3ccc([N+](=O)[O-])cc3)c2cc1OC. The number of nitrogens with zero attached hydrogens (tertiary/aromatic N) is 3. The van der Waals surface area contributed by atoms with Crippen LogP contribution in [0.25, 0.3) is 10.9 Å². The fourth-order valence-corrected chi connectivity index (χ4v) is 3.28. The molecule has 10 nitrogen and oxygen atoms in total. The number of ether oxygens (including phenoxy) is 2. The molecule has 0 bridgehead atoms. The molecule has 168 valence electrons. The Labute approximate surface area is 176 Å². The molecule has 13 heteroatoms. The molecule has 2 aromatic carbocycles. The van der Waals surface area contributed by atoms with Crippen molar-refractivity contribution in [3.05, 3.63) is 78.1 Å². The third-order valence-electron chi connectivity index (χ3n) is 4.70. The zero-order valence-electron chi connectivity index (χ0n) is 16.5. The molecule has 0 aliphatic heterocycles. The van der Waals surface area contributed by atoms with Gasteiger partial charge >= 0.3 is 17.4 Å². The number of methoxy groups -OCH3 is 2. The van der Waals surface area contributed by atoms with E-state index in [4.69, 9.17) is 9.47 Å². The van der Waals surface area contributed by atoms with Crippen LogP contribution in [0.15, 0.2) is 41.2 Å². The first-order chi connectivity index (χ1) is 15.0. The number of halogens is 3. The molecule has 0 aliphatic carbocycles. The van der Waals surface area contributed by atoms with E-state index in [0.717, 1.165) is 28.8 Å². The Morgan fingerprint density at radius 2 is 1.53 bits per heavy atom. The van der Waals surface area contributed by atoms with Gasteiger partial charge in [0.1, 0.15) is 5.56 Å². The van der Waals surface area contributed by atoms with E-state index in [9.17, 15) is 38.2 Å². The lowest BCUT2D eigenvalue weighted by Gasteiger charge is -2.18.